The summed E-state index contributed by atoms with van der Waals surface area (Å²) >= 11 is 0. The monoisotopic (exact) mass is 285 g/mol. The topological polar surface area (TPSA) is 63.2 Å². The van der Waals surface area contributed by atoms with E-state index in [0.717, 1.165) is 11.3 Å². The predicted molar refractivity (Wildman–Crippen MR) is 80.8 cm³/mol. The fourth-order valence-corrected chi connectivity index (χ4v) is 1.78. The van der Waals surface area contributed by atoms with E-state index in [2.05, 4.69) is 15.6 Å². The van der Waals surface area contributed by atoms with Crippen molar-refractivity contribution < 1.29 is 9.53 Å². The van der Waals surface area contributed by atoms with Gasteiger partial charge in [0.15, 0.2) is 6.61 Å². The predicted octanol–water partition coefficient (Wildman–Crippen LogP) is 1.50. The lowest BCUT2D eigenvalue weighted by Gasteiger charge is -2.08. The minimum atomic E-state index is -0.154. The molecule has 2 aromatic rings. The Bertz CT molecular complexity index is 555. The smallest absolute Gasteiger partial charge is 0.258 e. The summed E-state index contributed by atoms with van der Waals surface area (Å²) in [4.78, 5) is 15.9. The first kappa shape index (κ1) is 15.0. The van der Waals surface area contributed by atoms with Gasteiger partial charge in [-0.3, -0.25) is 9.78 Å². The number of pyridine rings is 1. The molecule has 0 saturated heterocycles. The molecule has 0 radical (unpaired) electrons. The van der Waals surface area contributed by atoms with E-state index in [9.17, 15) is 4.79 Å². The van der Waals surface area contributed by atoms with Crippen molar-refractivity contribution in [2.24, 2.45) is 0 Å². The molecule has 1 heterocycles. The van der Waals surface area contributed by atoms with Crippen LogP contribution in [-0.4, -0.2) is 24.5 Å². The van der Waals surface area contributed by atoms with E-state index in [4.69, 9.17) is 4.74 Å². The Morgan fingerprint density at radius 2 is 1.95 bits per heavy atom. The molecule has 21 heavy (non-hydrogen) atoms. The van der Waals surface area contributed by atoms with Gasteiger partial charge in [-0.25, -0.2) is 0 Å². The number of carbonyl (C=O) groups excluding carboxylic acids is 1. The number of nitrogens with one attached hydrogen (secondary N) is 2. The van der Waals surface area contributed by atoms with Gasteiger partial charge in [-0.15, -0.1) is 0 Å². The molecule has 0 unspecified atom stereocenters. The SMILES string of the molecule is CNCc1ccc(OCC(=O)NCc2ccccc2)cn1. The number of ether oxygens (including phenoxy) is 1. The molecule has 1 aromatic carbocycles. The molecule has 5 heteroatoms. The molecule has 0 fully saturated rings. The highest BCUT2D eigenvalue weighted by atomic mass is 16.5. The molecule has 0 saturated carbocycles. The standard InChI is InChI=1S/C16H19N3O2/c1-17-10-14-7-8-15(11-18-14)21-12-16(20)19-9-13-5-3-2-4-6-13/h2-8,11,17H,9-10,12H2,1H3,(H,19,20). The zero-order valence-electron chi connectivity index (χ0n) is 12.0. The lowest BCUT2D eigenvalue weighted by atomic mass is 10.2. The van der Waals surface area contributed by atoms with Crippen molar-refractivity contribution in [2.45, 2.75) is 13.1 Å². The van der Waals surface area contributed by atoms with Crippen molar-refractivity contribution in [3.05, 3.63) is 59.9 Å². The first-order chi connectivity index (χ1) is 10.3. The third-order valence-electron chi connectivity index (χ3n) is 2.86. The average Bonchev–Trinajstić information content (AvgIpc) is 2.53. The maximum Gasteiger partial charge on any atom is 0.258 e. The normalized spacial score (nSPS) is 10.1. The van der Waals surface area contributed by atoms with Gasteiger partial charge in [-0.1, -0.05) is 30.3 Å². The van der Waals surface area contributed by atoms with E-state index in [-0.39, 0.29) is 12.5 Å². The first-order valence-corrected chi connectivity index (χ1v) is 6.81. The van der Waals surface area contributed by atoms with Gasteiger partial charge in [0.1, 0.15) is 5.75 Å². The van der Waals surface area contributed by atoms with Gasteiger partial charge in [-0.2, -0.15) is 0 Å². The van der Waals surface area contributed by atoms with Crippen LogP contribution in [0.1, 0.15) is 11.3 Å². The van der Waals surface area contributed by atoms with Crippen LogP contribution in [0.4, 0.5) is 0 Å². The number of hydrogen-bond donors (Lipinski definition) is 2. The fourth-order valence-electron chi connectivity index (χ4n) is 1.78. The zero-order valence-corrected chi connectivity index (χ0v) is 12.0. The number of rotatable bonds is 7. The van der Waals surface area contributed by atoms with Crippen LogP contribution in [0.25, 0.3) is 0 Å². The summed E-state index contributed by atoms with van der Waals surface area (Å²) in [5.41, 5.74) is 1.99. The van der Waals surface area contributed by atoms with E-state index < -0.39 is 0 Å². The molecular formula is C16H19N3O2. The lowest BCUT2D eigenvalue weighted by Crippen LogP contribution is -2.28. The average molecular weight is 285 g/mol. The second-order valence-electron chi connectivity index (χ2n) is 4.57. The van der Waals surface area contributed by atoms with Crippen LogP contribution in [0.5, 0.6) is 5.75 Å². The number of hydrogen-bond acceptors (Lipinski definition) is 4. The Hall–Kier alpha value is -2.40. The molecule has 0 aliphatic rings. The van der Waals surface area contributed by atoms with Crippen LogP contribution in [0.2, 0.25) is 0 Å². The van der Waals surface area contributed by atoms with Gasteiger partial charge < -0.3 is 15.4 Å². The summed E-state index contributed by atoms with van der Waals surface area (Å²) in [7, 11) is 1.86. The van der Waals surface area contributed by atoms with Crippen molar-refractivity contribution in [3.63, 3.8) is 0 Å². The summed E-state index contributed by atoms with van der Waals surface area (Å²) in [5, 5.41) is 5.83. The second kappa shape index (κ2) is 8.01. The summed E-state index contributed by atoms with van der Waals surface area (Å²) in [6.07, 6.45) is 1.62. The van der Waals surface area contributed by atoms with Gasteiger partial charge in [0.25, 0.3) is 5.91 Å². The highest BCUT2D eigenvalue weighted by Gasteiger charge is 2.03. The summed E-state index contributed by atoms with van der Waals surface area (Å²) in [6.45, 7) is 1.19. The Morgan fingerprint density at radius 1 is 1.14 bits per heavy atom. The molecule has 1 aromatic heterocycles. The van der Waals surface area contributed by atoms with Gasteiger partial charge in [0.05, 0.1) is 11.9 Å². The molecule has 5 nitrogen and oxygen atoms in total. The summed E-state index contributed by atoms with van der Waals surface area (Å²) < 4.78 is 5.39. The molecule has 0 aliphatic heterocycles. The Balaban J connectivity index is 1.73. The Morgan fingerprint density at radius 3 is 2.62 bits per heavy atom. The highest BCUT2D eigenvalue weighted by Crippen LogP contribution is 2.08. The number of aromatic nitrogens is 1. The minimum absolute atomic E-state index is 0.0140. The first-order valence-electron chi connectivity index (χ1n) is 6.81. The van der Waals surface area contributed by atoms with Gasteiger partial charge in [-0.05, 0) is 24.7 Å². The van der Waals surface area contributed by atoms with E-state index in [1.54, 1.807) is 6.20 Å². The van der Waals surface area contributed by atoms with Crippen LogP contribution in [0, 0.1) is 0 Å². The van der Waals surface area contributed by atoms with Crippen LogP contribution in [0.3, 0.4) is 0 Å². The molecule has 0 atom stereocenters. The number of carbonyl (C=O) groups is 1. The lowest BCUT2D eigenvalue weighted by molar-refractivity contribution is -0.123. The van der Waals surface area contributed by atoms with Gasteiger partial charge in [0.2, 0.25) is 0 Å². The highest BCUT2D eigenvalue weighted by molar-refractivity contribution is 5.77. The van der Waals surface area contributed by atoms with Crippen LogP contribution in [0.15, 0.2) is 48.7 Å². The summed E-state index contributed by atoms with van der Waals surface area (Å²) in [5.74, 6) is 0.433. The van der Waals surface area contributed by atoms with Crippen molar-refractivity contribution in [1.82, 2.24) is 15.6 Å². The minimum Gasteiger partial charge on any atom is -0.482 e. The van der Waals surface area contributed by atoms with Crippen molar-refractivity contribution >= 4 is 5.91 Å². The fraction of sp³-hybridized carbons (Fsp3) is 0.250. The second-order valence-corrected chi connectivity index (χ2v) is 4.57. The molecule has 2 rings (SSSR count). The van der Waals surface area contributed by atoms with E-state index in [1.807, 2.05) is 49.5 Å². The van der Waals surface area contributed by atoms with Crippen molar-refractivity contribution in [1.29, 1.82) is 0 Å². The molecular weight excluding hydrogens is 266 g/mol. The maximum atomic E-state index is 11.7. The van der Waals surface area contributed by atoms with E-state index in [1.165, 1.54) is 0 Å². The Labute approximate surface area is 124 Å². The van der Waals surface area contributed by atoms with E-state index in [0.29, 0.717) is 18.8 Å². The number of amides is 1. The van der Waals surface area contributed by atoms with Crippen LogP contribution < -0.4 is 15.4 Å². The van der Waals surface area contributed by atoms with Crippen LogP contribution >= 0.6 is 0 Å². The quantitative estimate of drug-likeness (QED) is 0.809. The maximum absolute atomic E-state index is 11.7. The third kappa shape index (κ3) is 5.24. The Kier molecular flexibility index (Phi) is 5.72. The van der Waals surface area contributed by atoms with Crippen LogP contribution in [-0.2, 0) is 17.9 Å². The van der Waals surface area contributed by atoms with Crippen molar-refractivity contribution in [2.75, 3.05) is 13.7 Å². The zero-order chi connectivity index (χ0) is 14.9. The largest absolute Gasteiger partial charge is 0.482 e. The molecule has 110 valence electrons. The molecule has 0 spiro atoms. The molecule has 2 N–H and O–H groups in total. The molecule has 0 aliphatic carbocycles. The van der Waals surface area contributed by atoms with Gasteiger partial charge >= 0.3 is 0 Å². The number of nitrogens with zero attached hydrogens (tertiary/aromatic N) is 1. The molecule has 1 amide bonds. The molecule has 0 bridgehead atoms. The van der Waals surface area contributed by atoms with Crippen molar-refractivity contribution in [3.8, 4) is 5.75 Å². The van der Waals surface area contributed by atoms with Gasteiger partial charge in [0, 0.05) is 13.1 Å². The summed E-state index contributed by atoms with van der Waals surface area (Å²) in [6, 6.07) is 13.4. The third-order valence-corrected chi connectivity index (χ3v) is 2.86. The number of benzene rings is 1. The van der Waals surface area contributed by atoms with E-state index >= 15 is 0 Å².